The minimum Gasteiger partial charge on any atom is -0.492 e. The van der Waals surface area contributed by atoms with Crippen molar-refractivity contribution in [2.75, 3.05) is 13.2 Å². The van der Waals surface area contributed by atoms with E-state index in [1.807, 2.05) is 0 Å². The molecule has 2 amide bonds. The van der Waals surface area contributed by atoms with Crippen molar-refractivity contribution in [1.29, 1.82) is 0 Å². The zero-order valence-corrected chi connectivity index (χ0v) is 15.4. The molecule has 0 spiro atoms. The van der Waals surface area contributed by atoms with Crippen LogP contribution in [-0.4, -0.2) is 31.0 Å². The SMILES string of the molecule is CC(C)CC1CC(C(=O)NCCOc2ccc(C(F)(F)F)cc2)CC(=O)N1. The fourth-order valence-electron chi connectivity index (χ4n) is 3.15. The Kier molecular flexibility index (Phi) is 7.10. The van der Waals surface area contributed by atoms with Crippen LogP contribution in [0.15, 0.2) is 24.3 Å². The summed E-state index contributed by atoms with van der Waals surface area (Å²) in [6.07, 6.45) is -2.78. The van der Waals surface area contributed by atoms with Crippen molar-refractivity contribution in [3.8, 4) is 5.75 Å². The predicted molar refractivity (Wildman–Crippen MR) is 94.1 cm³/mol. The summed E-state index contributed by atoms with van der Waals surface area (Å²) in [4.78, 5) is 24.1. The molecule has 0 bridgehead atoms. The lowest BCUT2D eigenvalue weighted by Gasteiger charge is -2.30. The highest BCUT2D eigenvalue weighted by Crippen LogP contribution is 2.30. The molecule has 2 rings (SSSR count). The van der Waals surface area contributed by atoms with E-state index in [1.165, 1.54) is 12.1 Å². The van der Waals surface area contributed by atoms with E-state index in [0.29, 0.717) is 18.1 Å². The molecule has 150 valence electrons. The molecule has 0 radical (unpaired) electrons. The molecule has 1 saturated heterocycles. The van der Waals surface area contributed by atoms with E-state index in [0.717, 1.165) is 18.6 Å². The molecular weight excluding hydrogens is 361 g/mol. The third-order valence-electron chi connectivity index (χ3n) is 4.34. The Bertz CT molecular complexity index is 645. The van der Waals surface area contributed by atoms with E-state index in [4.69, 9.17) is 4.74 Å². The number of alkyl halides is 3. The Hall–Kier alpha value is -2.25. The van der Waals surface area contributed by atoms with Gasteiger partial charge in [0, 0.05) is 18.4 Å². The first-order chi connectivity index (χ1) is 12.6. The summed E-state index contributed by atoms with van der Waals surface area (Å²) in [5.74, 6) is 0.0387. The van der Waals surface area contributed by atoms with Crippen molar-refractivity contribution in [2.45, 2.75) is 45.3 Å². The average molecular weight is 386 g/mol. The van der Waals surface area contributed by atoms with Crippen LogP contribution in [0.1, 0.15) is 38.7 Å². The highest BCUT2D eigenvalue weighted by atomic mass is 19.4. The van der Waals surface area contributed by atoms with Crippen molar-refractivity contribution < 1.29 is 27.5 Å². The topological polar surface area (TPSA) is 67.4 Å². The number of carbonyl (C=O) groups excluding carboxylic acids is 2. The molecule has 1 heterocycles. The summed E-state index contributed by atoms with van der Waals surface area (Å²) in [5, 5.41) is 5.64. The van der Waals surface area contributed by atoms with Crippen molar-refractivity contribution >= 4 is 11.8 Å². The normalized spacial score (nSPS) is 20.3. The molecule has 2 unspecified atom stereocenters. The number of hydrogen-bond acceptors (Lipinski definition) is 3. The van der Waals surface area contributed by atoms with Crippen LogP contribution < -0.4 is 15.4 Å². The first-order valence-corrected chi connectivity index (χ1v) is 9.02. The van der Waals surface area contributed by atoms with Gasteiger partial charge in [-0.05, 0) is 43.0 Å². The number of rotatable bonds is 7. The Labute approximate surface area is 156 Å². The van der Waals surface area contributed by atoms with Crippen LogP contribution >= 0.6 is 0 Å². The molecule has 5 nitrogen and oxygen atoms in total. The van der Waals surface area contributed by atoms with E-state index < -0.39 is 11.7 Å². The largest absolute Gasteiger partial charge is 0.492 e. The Morgan fingerprint density at radius 3 is 2.56 bits per heavy atom. The Morgan fingerprint density at radius 1 is 1.30 bits per heavy atom. The second-order valence-corrected chi connectivity index (χ2v) is 7.19. The zero-order chi connectivity index (χ0) is 20.0. The van der Waals surface area contributed by atoms with E-state index in [-0.39, 0.29) is 43.3 Å². The van der Waals surface area contributed by atoms with Crippen LogP contribution in [0.25, 0.3) is 0 Å². The van der Waals surface area contributed by atoms with Crippen LogP contribution in [0.5, 0.6) is 5.75 Å². The van der Waals surface area contributed by atoms with E-state index in [1.54, 1.807) is 0 Å². The third kappa shape index (κ3) is 6.77. The second-order valence-electron chi connectivity index (χ2n) is 7.19. The summed E-state index contributed by atoms with van der Waals surface area (Å²) in [6.45, 7) is 4.47. The van der Waals surface area contributed by atoms with Crippen LogP contribution in [0, 0.1) is 11.8 Å². The molecular formula is C19H25F3N2O3. The monoisotopic (exact) mass is 386 g/mol. The molecule has 0 aliphatic carbocycles. The molecule has 2 atom stereocenters. The lowest BCUT2D eigenvalue weighted by atomic mass is 9.87. The van der Waals surface area contributed by atoms with Crippen LogP contribution in [0.2, 0.25) is 0 Å². The summed E-state index contributed by atoms with van der Waals surface area (Å²) < 4.78 is 42.8. The standard InChI is InChI=1S/C19H25F3N2O3/c1-12(2)9-15-10-13(11-17(25)24-15)18(26)23-7-8-27-16-5-3-14(4-6-16)19(20,21)22/h3-6,12-13,15H,7-11H2,1-2H3,(H,23,26)(H,24,25). The molecule has 27 heavy (non-hydrogen) atoms. The number of halogens is 3. The van der Waals surface area contributed by atoms with Crippen molar-refractivity contribution in [3.63, 3.8) is 0 Å². The van der Waals surface area contributed by atoms with Gasteiger partial charge in [-0.3, -0.25) is 9.59 Å². The lowest BCUT2D eigenvalue weighted by molar-refractivity contribution is -0.137. The van der Waals surface area contributed by atoms with Gasteiger partial charge in [-0.2, -0.15) is 13.2 Å². The van der Waals surface area contributed by atoms with Gasteiger partial charge in [0.2, 0.25) is 11.8 Å². The first-order valence-electron chi connectivity index (χ1n) is 9.02. The zero-order valence-electron chi connectivity index (χ0n) is 15.4. The molecule has 1 aliphatic heterocycles. The molecule has 8 heteroatoms. The van der Waals surface area contributed by atoms with Gasteiger partial charge in [0.15, 0.2) is 0 Å². The van der Waals surface area contributed by atoms with Crippen LogP contribution in [0.3, 0.4) is 0 Å². The maximum Gasteiger partial charge on any atom is 0.416 e. The summed E-state index contributed by atoms with van der Waals surface area (Å²) in [6, 6.07) is 4.39. The molecule has 1 aliphatic rings. The van der Waals surface area contributed by atoms with Gasteiger partial charge < -0.3 is 15.4 Å². The van der Waals surface area contributed by atoms with E-state index in [2.05, 4.69) is 24.5 Å². The average Bonchev–Trinajstić information content (AvgIpc) is 2.57. The number of nitrogens with one attached hydrogen (secondary N) is 2. The van der Waals surface area contributed by atoms with Crippen molar-refractivity contribution in [2.24, 2.45) is 11.8 Å². The minimum atomic E-state index is -4.38. The molecule has 1 aromatic carbocycles. The maximum atomic E-state index is 12.5. The number of ether oxygens (including phenoxy) is 1. The second kappa shape index (κ2) is 9.10. The highest BCUT2D eigenvalue weighted by molar-refractivity contribution is 5.87. The number of amides is 2. The van der Waals surface area contributed by atoms with Gasteiger partial charge in [-0.1, -0.05) is 13.8 Å². The molecule has 0 aromatic heterocycles. The van der Waals surface area contributed by atoms with Gasteiger partial charge in [0.05, 0.1) is 12.1 Å². The van der Waals surface area contributed by atoms with Gasteiger partial charge in [-0.15, -0.1) is 0 Å². The quantitative estimate of drug-likeness (QED) is 0.708. The smallest absolute Gasteiger partial charge is 0.416 e. The van der Waals surface area contributed by atoms with Crippen molar-refractivity contribution in [1.82, 2.24) is 10.6 Å². The third-order valence-corrected chi connectivity index (χ3v) is 4.34. The summed E-state index contributed by atoms with van der Waals surface area (Å²) >= 11 is 0. The molecule has 0 saturated carbocycles. The lowest BCUT2D eigenvalue weighted by Crippen LogP contribution is -2.47. The fraction of sp³-hybridized carbons (Fsp3) is 0.579. The molecule has 2 N–H and O–H groups in total. The first kappa shape index (κ1) is 21.1. The fourth-order valence-corrected chi connectivity index (χ4v) is 3.15. The number of piperidine rings is 1. The predicted octanol–water partition coefficient (Wildman–Crippen LogP) is 3.14. The minimum absolute atomic E-state index is 0.00500. The Balaban J connectivity index is 1.74. The summed E-state index contributed by atoms with van der Waals surface area (Å²) in [7, 11) is 0. The van der Waals surface area contributed by atoms with Gasteiger partial charge in [0.1, 0.15) is 12.4 Å². The molecule has 1 aromatic rings. The van der Waals surface area contributed by atoms with Crippen LogP contribution in [0.4, 0.5) is 13.2 Å². The Morgan fingerprint density at radius 2 is 1.96 bits per heavy atom. The summed E-state index contributed by atoms with van der Waals surface area (Å²) in [5.41, 5.74) is -0.741. The van der Waals surface area contributed by atoms with Gasteiger partial charge >= 0.3 is 6.18 Å². The van der Waals surface area contributed by atoms with Crippen molar-refractivity contribution in [3.05, 3.63) is 29.8 Å². The molecule has 1 fully saturated rings. The van der Waals surface area contributed by atoms with Gasteiger partial charge in [-0.25, -0.2) is 0 Å². The van der Waals surface area contributed by atoms with E-state index >= 15 is 0 Å². The maximum absolute atomic E-state index is 12.5. The number of hydrogen-bond donors (Lipinski definition) is 2. The number of benzene rings is 1. The highest BCUT2D eigenvalue weighted by Gasteiger charge is 2.31. The van der Waals surface area contributed by atoms with Crippen LogP contribution in [-0.2, 0) is 15.8 Å². The number of carbonyl (C=O) groups is 2. The van der Waals surface area contributed by atoms with Gasteiger partial charge in [0.25, 0.3) is 0 Å². The van der Waals surface area contributed by atoms with E-state index in [9.17, 15) is 22.8 Å².